The summed E-state index contributed by atoms with van der Waals surface area (Å²) in [6.45, 7) is 7.17. The summed E-state index contributed by atoms with van der Waals surface area (Å²) in [6.07, 6.45) is 1.53. The molecule has 0 amide bonds. The summed E-state index contributed by atoms with van der Waals surface area (Å²) in [6, 6.07) is 0. The van der Waals surface area contributed by atoms with E-state index in [2.05, 4.69) is 11.8 Å². The van der Waals surface area contributed by atoms with Gasteiger partial charge in [-0.05, 0) is 13.3 Å². The molecular formula is C9H19NO2. The molecule has 1 aliphatic rings. The number of hydrogen-bond donors (Lipinski definition) is 0. The van der Waals surface area contributed by atoms with Crippen LogP contribution in [0.15, 0.2) is 0 Å². The highest BCUT2D eigenvalue weighted by Gasteiger charge is 2.15. The average molecular weight is 173 g/mol. The molecule has 12 heavy (non-hydrogen) atoms. The molecule has 1 aliphatic heterocycles. The highest BCUT2D eigenvalue weighted by molar-refractivity contribution is 4.67. The predicted octanol–water partition coefficient (Wildman–Crippen LogP) is 0.744. The Labute approximate surface area is 74.6 Å². The number of nitrogens with zero attached hydrogens (tertiary/aromatic N) is 1. The molecule has 0 aliphatic carbocycles. The zero-order chi connectivity index (χ0) is 8.81. The third-order valence-corrected chi connectivity index (χ3v) is 2.15. The van der Waals surface area contributed by atoms with Crippen LogP contribution in [0.3, 0.4) is 0 Å². The van der Waals surface area contributed by atoms with Gasteiger partial charge in [0, 0.05) is 33.4 Å². The number of morpholine rings is 1. The second-order valence-electron chi connectivity index (χ2n) is 3.33. The Hall–Kier alpha value is -0.120. The highest BCUT2D eigenvalue weighted by Crippen LogP contribution is 2.04. The van der Waals surface area contributed by atoms with Gasteiger partial charge in [0.15, 0.2) is 0 Å². The summed E-state index contributed by atoms with van der Waals surface area (Å²) in [7, 11) is 1.75. The molecule has 3 nitrogen and oxygen atoms in total. The van der Waals surface area contributed by atoms with Crippen LogP contribution in [-0.2, 0) is 9.47 Å². The van der Waals surface area contributed by atoms with Gasteiger partial charge in [-0.3, -0.25) is 4.90 Å². The first-order valence-electron chi connectivity index (χ1n) is 4.66. The molecule has 1 heterocycles. The lowest BCUT2D eigenvalue weighted by Gasteiger charge is -2.30. The Bertz CT molecular complexity index is 119. The minimum Gasteiger partial charge on any atom is -0.385 e. The smallest absolute Gasteiger partial charge is 0.0674 e. The van der Waals surface area contributed by atoms with Gasteiger partial charge in [-0.25, -0.2) is 0 Å². The van der Waals surface area contributed by atoms with Gasteiger partial charge < -0.3 is 9.47 Å². The maximum atomic E-state index is 5.44. The summed E-state index contributed by atoms with van der Waals surface area (Å²) < 4.78 is 10.4. The van der Waals surface area contributed by atoms with Crippen LogP contribution in [0.4, 0.5) is 0 Å². The Morgan fingerprint density at radius 1 is 1.58 bits per heavy atom. The van der Waals surface area contributed by atoms with Crippen LogP contribution in [0.1, 0.15) is 13.3 Å². The fraction of sp³-hybridized carbons (Fsp3) is 1.00. The molecule has 1 fully saturated rings. The van der Waals surface area contributed by atoms with Crippen LogP contribution < -0.4 is 0 Å². The Kier molecular flexibility index (Phi) is 4.58. The predicted molar refractivity (Wildman–Crippen MR) is 48.3 cm³/mol. The number of hydrogen-bond acceptors (Lipinski definition) is 3. The second kappa shape index (κ2) is 5.51. The van der Waals surface area contributed by atoms with Gasteiger partial charge in [-0.15, -0.1) is 0 Å². The second-order valence-corrected chi connectivity index (χ2v) is 3.33. The van der Waals surface area contributed by atoms with Crippen molar-refractivity contribution in [2.24, 2.45) is 0 Å². The molecule has 0 bridgehead atoms. The molecule has 1 unspecified atom stereocenters. The summed E-state index contributed by atoms with van der Waals surface area (Å²) in [5.74, 6) is 0. The molecule has 0 N–H and O–H groups in total. The summed E-state index contributed by atoms with van der Waals surface area (Å²) >= 11 is 0. The molecule has 1 atom stereocenters. The fourth-order valence-electron chi connectivity index (χ4n) is 1.53. The molecule has 1 saturated heterocycles. The normalized spacial score (nSPS) is 26.0. The fourth-order valence-corrected chi connectivity index (χ4v) is 1.53. The number of rotatable bonds is 4. The SMILES string of the molecule is COCCCN1CCOC(C)C1. The molecule has 72 valence electrons. The van der Waals surface area contributed by atoms with Crippen molar-refractivity contribution < 1.29 is 9.47 Å². The van der Waals surface area contributed by atoms with E-state index in [4.69, 9.17) is 9.47 Å². The topological polar surface area (TPSA) is 21.7 Å². The van der Waals surface area contributed by atoms with Crippen LogP contribution >= 0.6 is 0 Å². The Balaban J connectivity index is 2.06. The summed E-state index contributed by atoms with van der Waals surface area (Å²) in [5, 5.41) is 0. The quantitative estimate of drug-likeness (QED) is 0.585. The first-order valence-corrected chi connectivity index (χ1v) is 4.66. The maximum absolute atomic E-state index is 5.44. The van der Waals surface area contributed by atoms with E-state index in [-0.39, 0.29) is 0 Å². The molecule has 1 rings (SSSR count). The lowest BCUT2D eigenvalue weighted by Crippen LogP contribution is -2.41. The standard InChI is InChI=1S/C9H19NO2/c1-9-8-10(5-7-12-9)4-3-6-11-2/h9H,3-8H2,1-2H3. The number of ether oxygens (including phenoxy) is 2. The molecule has 0 aromatic heterocycles. The van der Waals surface area contributed by atoms with Gasteiger partial charge in [-0.2, -0.15) is 0 Å². The van der Waals surface area contributed by atoms with E-state index in [0.717, 1.165) is 39.3 Å². The van der Waals surface area contributed by atoms with E-state index in [9.17, 15) is 0 Å². The van der Waals surface area contributed by atoms with Crippen molar-refractivity contribution >= 4 is 0 Å². The van der Waals surface area contributed by atoms with Crippen molar-refractivity contribution in [3.8, 4) is 0 Å². The molecule has 0 radical (unpaired) electrons. The van der Waals surface area contributed by atoms with E-state index in [1.807, 2.05) is 0 Å². The zero-order valence-corrected chi connectivity index (χ0v) is 8.08. The van der Waals surface area contributed by atoms with Crippen molar-refractivity contribution in [2.75, 3.05) is 40.0 Å². The molecule has 0 aromatic carbocycles. The van der Waals surface area contributed by atoms with Crippen molar-refractivity contribution in [1.29, 1.82) is 0 Å². The van der Waals surface area contributed by atoms with Gasteiger partial charge in [0.25, 0.3) is 0 Å². The van der Waals surface area contributed by atoms with Crippen LogP contribution in [0, 0.1) is 0 Å². The van der Waals surface area contributed by atoms with Crippen molar-refractivity contribution in [2.45, 2.75) is 19.4 Å². The largest absolute Gasteiger partial charge is 0.385 e. The van der Waals surface area contributed by atoms with Gasteiger partial charge in [-0.1, -0.05) is 0 Å². The van der Waals surface area contributed by atoms with E-state index < -0.39 is 0 Å². The van der Waals surface area contributed by atoms with Crippen LogP contribution in [-0.4, -0.2) is 51.0 Å². The first kappa shape index (κ1) is 9.96. The van der Waals surface area contributed by atoms with Gasteiger partial charge in [0.2, 0.25) is 0 Å². The Morgan fingerprint density at radius 3 is 3.08 bits per heavy atom. The van der Waals surface area contributed by atoms with Crippen LogP contribution in [0.5, 0.6) is 0 Å². The molecule has 3 heteroatoms. The summed E-state index contributed by atoms with van der Waals surface area (Å²) in [4.78, 5) is 2.44. The Morgan fingerprint density at radius 2 is 2.42 bits per heavy atom. The van der Waals surface area contributed by atoms with Crippen molar-refractivity contribution in [3.63, 3.8) is 0 Å². The summed E-state index contributed by atoms with van der Waals surface area (Å²) in [5.41, 5.74) is 0. The van der Waals surface area contributed by atoms with Crippen LogP contribution in [0.2, 0.25) is 0 Å². The van der Waals surface area contributed by atoms with E-state index in [0.29, 0.717) is 6.10 Å². The zero-order valence-electron chi connectivity index (χ0n) is 8.08. The average Bonchev–Trinajstić information content (AvgIpc) is 2.05. The van der Waals surface area contributed by atoms with E-state index in [1.165, 1.54) is 0 Å². The lowest BCUT2D eigenvalue weighted by molar-refractivity contribution is -0.0201. The lowest BCUT2D eigenvalue weighted by atomic mass is 10.3. The van der Waals surface area contributed by atoms with Gasteiger partial charge in [0.05, 0.1) is 12.7 Å². The molecule has 0 aromatic rings. The molecular weight excluding hydrogens is 154 g/mol. The van der Waals surface area contributed by atoms with Crippen molar-refractivity contribution in [3.05, 3.63) is 0 Å². The number of methoxy groups -OCH3 is 1. The minimum atomic E-state index is 0.404. The maximum Gasteiger partial charge on any atom is 0.0674 e. The highest BCUT2D eigenvalue weighted by atomic mass is 16.5. The van der Waals surface area contributed by atoms with Gasteiger partial charge in [0.1, 0.15) is 0 Å². The third kappa shape index (κ3) is 3.52. The van der Waals surface area contributed by atoms with Crippen LogP contribution in [0.25, 0.3) is 0 Å². The van der Waals surface area contributed by atoms with Gasteiger partial charge >= 0.3 is 0 Å². The third-order valence-electron chi connectivity index (χ3n) is 2.15. The van der Waals surface area contributed by atoms with E-state index in [1.54, 1.807) is 7.11 Å². The minimum absolute atomic E-state index is 0.404. The monoisotopic (exact) mass is 173 g/mol. The molecule has 0 spiro atoms. The van der Waals surface area contributed by atoms with E-state index >= 15 is 0 Å². The van der Waals surface area contributed by atoms with Crippen molar-refractivity contribution in [1.82, 2.24) is 4.90 Å². The first-order chi connectivity index (χ1) is 5.83. The molecule has 0 saturated carbocycles.